The second kappa shape index (κ2) is 6.24. The number of carbonyl (C=O) groups is 1. The lowest BCUT2D eigenvalue weighted by molar-refractivity contribution is -0.129. The van der Waals surface area contributed by atoms with Gasteiger partial charge in [-0.1, -0.05) is 6.92 Å². The number of halogens is 2. The zero-order chi connectivity index (χ0) is 19.6. The minimum absolute atomic E-state index is 0.0926. The van der Waals surface area contributed by atoms with Gasteiger partial charge in [-0.2, -0.15) is 8.42 Å². The minimum Gasteiger partial charge on any atom is -0.361 e. The van der Waals surface area contributed by atoms with Crippen molar-refractivity contribution in [3.63, 3.8) is 0 Å². The Hall–Kier alpha value is -1.54. The van der Waals surface area contributed by atoms with Gasteiger partial charge in [0.05, 0.1) is 5.56 Å². The highest BCUT2D eigenvalue weighted by Gasteiger charge is 2.54. The van der Waals surface area contributed by atoms with Gasteiger partial charge < -0.3 is 4.18 Å². The van der Waals surface area contributed by atoms with E-state index in [-0.39, 0.29) is 23.2 Å². The third-order valence-electron chi connectivity index (χ3n) is 6.99. The van der Waals surface area contributed by atoms with E-state index in [9.17, 15) is 22.0 Å². The molecule has 27 heavy (non-hydrogen) atoms. The van der Waals surface area contributed by atoms with Crippen LogP contribution in [0.25, 0.3) is 0 Å². The van der Waals surface area contributed by atoms with Crippen LogP contribution in [0.3, 0.4) is 0 Å². The molecule has 0 bridgehead atoms. The molecular weight excluding hydrogens is 378 g/mol. The van der Waals surface area contributed by atoms with Gasteiger partial charge in [0.15, 0.2) is 5.75 Å². The number of hydrogen-bond acceptors (Lipinski definition) is 4. The zero-order valence-electron chi connectivity index (χ0n) is 15.0. The fourth-order valence-corrected chi connectivity index (χ4v) is 6.11. The Balaban J connectivity index is 1.74. The zero-order valence-corrected chi connectivity index (χ0v) is 15.8. The molecule has 0 unspecified atom stereocenters. The maximum absolute atomic E-state index is 13.5. The molecule has 0 aromatic heterocycles. The first kappa shape index (κ1) is 18.8. The summed E-state index contributed by atoms with van der Waals surface area (Å²) in [5.41, 5.74) is 0.777. The van der Waals surface area contributed by atoms with E-state index >= 15 is 0 Å². The van der Waals surface area contributed by atoms with Gasteiger partial charge in [0.25, 0.3) is 6.43 Å². The largest absolute Gasteiger partial charge is 0.446 e. The van der Waals surface area contributed by atoms with Crippen molar-refractivity contribution < 1.29 is 30.7 Å². The normalized spacial score (nSPS) is 32.8. The summed E-state index contributed by atoms with van der Waals surface area (Å²) >= 11 is 0. The Labute approximate surface area is 157 Å². The molecule has 4 atom stereocenters. The van der Waals surface area contributed by atoms with Crippen LogP contribution < -0.4 is 4.18 Å². The summed E-state index contributed by atoms with van der Waals surface area (Å²) in [6.45, 7) is 2.05. The van der Waals surface area contributed by atoms with Crippen molar-refractivity contribution in [3.8, 4) is 5.75 Å². The number of ketones is 1. The van der Waals surface area contributed by atoms with Crippen molar-refractivity contribution in [2.75, 3.05) is 0 Å². The number of carbonyl (C=O) groups excluding carboxylic acids is 1. The summed E-state index contributed by atoms with van der Waals surface area (Å²) in [5.74, 6) is 0.459. The number of aryl methyl sites for hydroxylation is 1. The van der Waals surface area contributed by atoms with Gasteiger partial charge in [0.2, 0.25) is 0 Å². The van der Waals surface area contributed by atoms with E-state index < -0.39 is 28.1 Å². The van der Waals surface area contributed by atoms with Crippen molar-refractivity contribution in [2.45, 2.75) is 57.8 Å². The summed E-state index contributed by atoms with van der Waals surface area (Å²) in [5, 5.41) is 0. The first-order chi connectivity index (χ1) is 12.6. The second-order valence-corrected chi connectivity index (χ2v) is 9.26. The summed E-state index contributed by atoms with van der Waals surface area (Å²) in [6, 6.07) is 2.67. The van der Waals surface area contributed by atoms with Crippen molar-refractivity contribution in [3.05, 3.63) is 28.8 Å². The predicted molar refractivity (Wildman–Crippen MR) is 93.2 cm³/mol. The molecule has 8 heteroatoms. The van der Waals surface area contributed by atoms with Crippen LogP contribution in [0.5, 0.6) is 5.75 Å². The summed E-state index contributed by atoms with van der Waals surface area (Å²) in [4.78, 5) is 12.4. The van der Waals surface area contributed by atoms with Crippen molar-refractivity contribution in [1.82, 2.24) is 0 Å². The highest BCUT2D eigenvalue weighted by atomic mass is 32.3. The molecule has 0 radical (unpaired) electrons. The fraction of sp³-hybridized carbons (Fsp3) is 0.632. The molecule has 3 aliphatic carbocycles. The number of benzene rings is 1. The number of Topliss-reactive ketones (excluding diaryl/α,β-unsaturated/α-hetero) is 1. The van der Waals surface area contributed by atoms with Gasteiger partial charge in [-0.3, -0.25) is 9.35 Å². The molecule has 2 fully saturated rings. The van der Waals surface area contributed by atoms with E-state index in [0.717, 1.165) is 36.8 Å². The van der Waals surface area contributed by atoms with Crippen molar-refractivity contribution >= 4 is 16.2 Å². The highest BCUT2D eigenvalue weighted by Crippen LogP contribution is 2.60. The summed E-state index contributed by atoms with van der Waals surface area (Å²) < 4.78 is 62.4. The number of fused-ring (bicyclic) bond motifs is 5. The number of alkyl halides is 2. The SMILES string of the molecule is C[C@]12CC[C@@H]3c4cc(C(F)F)c(OS(=O)(=O)O)cc4CC[C@H]3[C@@H]1CCC2=O. The average Bonchev–Trinajstić information content (AvgIpc) is 2.87. The lowest BCUT2D eigenvalue weighted by atomic mass is 9.55. The molecule has 4 rings (SSSR count). The third-order valence-corrected chi connectivity index (χ3v) is 7.38. The van der Waals surface area contributed by atoms with Crippen LogP contribution in [-0.4, -0.2) is 18.8 Å². The minimum atomic E-state index is -4.88. The molecule has 0 saturated heterocycles. The van der Waals surface area contributed by atoms with E-state index in [1.807, 2.05) is 6.92 Å². The van der Waals surface area contributed by atoms with Gasteiger partial charge in [0, 0.05) is 11.8 Å². The third kappa shape index (κ3) is 3.06. The van der Waals surface area contributed by atoms with E-state index in [1.54, 1.807) is 0 Å². The van der Waals surface area contributed by atoms with Gasteiger partial charge in [-0.05, 0) is 73.1 Å². The van der Waals surface area contributed by atoms with Crippen molar-refractivity contribution in [2.24, 2.45) is 17.3 Å². The first-order valence-electron chi connectivity index (χ1n) is 9.25. The van der Waals surface area contributed by atoms with Crippen molar-refractivity contribution in [1.29, 1.82) is 0 Å². The molecule has 5 nitrogen and oxygen atoms in total. The van der Waals surface area contributed by atoms with Gasteiger partial charge in [0.1, 0.15) is 5.78 Å². The second-order valence-electron chi connectivity index (χ2n) is 8.23. The molecule has 3 aliphatic rings. The van der Waals surface area contributed by atoms with Crippen LogP contribution in [0, 0.1) is 17.3 Å². The number of rotatable bonds is 3. The quantitative estimate of drug-likeness (QED) is 0.768. The van der Waals surface area contributed by atoms with E-state index in [4.69, 9.17) is 4.55 Å². The molecule has 1 aromatic rings. The topological polar surface area (TPSA) is 80.7 Å². The maximum atomic E-state index is 13.5. The molecule has 0 heterocycles. The summed E-state index contributed by atoms with van der Waals surface area (Å²) in [7, 11) is -4.88. The lowest BCUT2D eigenvalue weighted by Crippen LogP contribution is -2.42. The number of hydrogen-bond donors (Lipinski definition) is 1. The fourth-order valence-electron chi connectivity index (χ4n) is 5.74. The summed E-state index contributed by atoms with van der Waals surface area (Å²) in [6.07, 6.45) is 1.50. The van der Waals surface area contributed by atoms with E-state index in [0.29, 0.717) is 18.6 Å². The maximum Gasteiger partial charge on any atom is 0.446 e. The van der Waals surface area contributed by atoms with Crippen LogP contribution >= 0.6 is 0 Å². The van der Waals surface area contributed by atoms with Crippen LogP contribution in [0.4, 0.5) is 8.78 Å². The van der Waals surface area contributed by atoms with Crippen LogP contribution in [0.1, 0.15) is 68.1 Å². The van der Waals surface area contributed by atoms with Crippen LogP contribution in [-0.2, 0) is 21.6 Å². The van der Waals surface area contributed by atoms with Gasteiger partial charge in [-0.25, -0.2) is 8.78 Å². The lowest BCUT2D eigenvalue weighted by Gasteiger charge is -2.48. The van der Waals surface area contributed by atoms with Crippen LogP contribution in [0.15, 0.2) is 12.1 Å². The Bertz CT molecular complexity index is 898. The van der Waals surface area contributed by atoms with E-state index in [2.05, 4.69) is 4.18 Å². The Morgan fingerprint density at radius 3 is 2.63 bits per heavy atom. The van der Waals surface area contributed by atoms with Crippen LogP contribution in [0.2, 0.25) is 0 Å². The molecule has 2 saturated carbocycles. The predicted octanol–water partition coefficient (Wildman–Crippen LogP) is 4.23. The van der Waals surface area contributed by atoms with E-state index in [1.165, 1.54) is 12.1 Å². The standard InChI is InChI=1S/C19H22F2O5S/c1-19-7-6-11-12(15(19)4-5-17(19)22)3-2-10-8-16(26-27(23,24)25)14(18(20)21)9-13(10)11/h8-9,11-12,15,18H,2-7H2,1H3,(H,23,24,25)/t11-,12+,15-,19-/m0/s1. The molecule has 1 N–H and O–H groups in total. The Morgan fingerprint density at radius 2 is 1.96 bits per heavy atom. The Morgan fingerprint density at radius 1 is 1.22 bits per heavy atom. The Kier molecular flexibility index (Phi) is 4.34. The molecular formula is C19H22F2O5S. The molecule has 0 aliphatic heterocycles. The monoisotopic (exact) mass is 400 g/mol. The van der Waals surface area contributed by atoms with Gasteiger partial charge >= 0.3 is 10.4 Å². The highest BCUT2D eigenvalue weighted by molar-refractivity contribution is 7.81. The average molecular weight is 400 g/mol. The molecule has 0 amide bonds. The molecule has 1 aromatic carbocycles. The first-order valence-corrected chi connectivity index (χ1v) is 10.6. The molecule has 148 valence electrons. The van der Waals surface area contributed by atoms with Gasteiger partial charge in [-0.15, -0.1) is 0 Å². The molecule has 0 spiro atoms. The smallest absolute Gasteiger partial charge is 0.361 e.